The van der Waals surface area contributed by atoms with E-state index >= 15 is 0 Å². The van der Waals surface area contributed by atoms with Crippen molar-refractivity contribution in [3.05, 3.63) is 40.7 Å². The number of benzene rings is 1. The molecular formula is C14H18FNO3S. The fourth-order valence-electron chi connectivity index (χ4n) is 2.18. The van der Waals surface area contributed by atoms with E-state index in [1.54, 1.807) is 0 Å². The van der Waals surface area contributed by atoms with Crippen molar-refractivity contribution in [3.63, 3.8) is 0 Å². The van der Waals surface area contributed by atoms with Gasteiger partial charge in [0.05, 0.1) is 11.5 Å². The Balaban J connectivity index is 2.47. The second kappa shape index (κ2) is 5.63. The zero-order chi connectivity index (χ0) is 14.9. The molecule has 1 heterocycles. The molecule has 20 heavy (non-hydrogen) atoms. The molecule has 0 saturated heterocycles. The molecule has 0 aliphatic carbocycles. The number of rotatable bonds is 3. The Bertz CT molecular complexity index is 653. The molecule has 1 aliphatic heterocycles. The lowest BCUT2D eigenvalue weighted by atomic mass is 10.1. The summed E-state index contributed by atoms with van der Waals surface area (Å²) < 4.78 is 40.3. The summed E-state index contributed by atoms with van der Waals surface area (Å²) in [4.78, 5) is -0.0606. The number of sulfonamides is 1. The van der Waals surface area contributed by atoms with Crippen LogP contribution in [0.4, 0.5) is 4.39 Å². The maximum absolute atomic E-state index is 13.8. The average Bonchev–Trinajstić information content (AvgIpc) is 2.42. The minimum atomic E-state index is -3.73. The van der Waals surface area contributed by atoms with Crippen molar-refractivity contribution in [1.82, 2.24) is 4.31 Å². The zero-order valence-corrected chi connectivity index (χ0v) is 12.4. The summed E-state index contributed by atoms with van der Waals surface area (Å²) in [6.07, 6.45) is 2.54. The molecule has 0 aromatic heterocycles. The highest BCUT2D eigenvalue weighted by Crippen LogP contribution is 2.26. The van der Waals surface area contributed by atoms with Gasteiger partial charge in [-0.3, -0.25) is 0 Å². The fraction of sp³-hybridized carbons (Fsp3) is 0.429. The molecule has 1 aromatic rings. The van der Waals surface area contributed by atoms with Crippen LogP contribution < -0.4 is 0 Å². The van der Waals surface area contributed by atoms with Crippen molar-refractivity contribution in [2.75, 3.05) is 13.1 Å². The van der Waals surface area contributed by atoms with Crippen molar-refractivity contribution in [1.29, 1.82) is 0 Å². The molecule has 0 radical (unpaired) electrons. The van der Waals surface area contributed by atoms with E-state index in [1.165, 1.54) is 17.3 Å². The van der Waals surface area contributed by atoms with Crippen molar-refractivity contribution in [2.45, 2.75) is 31.8 Å². The Labute approximate surface area is 118 Å². The maximum atomic E-state index is 13.8. The van der Waals surface area contributed by atoms with Gasteiger partial charge in [0.25, 0.3) is 0 Å². The van der Waals surface area contributed by atoms with E-state index in [2.05, 4.69) is 0 Å². The second-order valence-corrected chi connectivity index (χ2v) is 6.93. The Morgan fingerprint density at radius 1 is 1.35 bits per heavy atom. The van der Waals surface area contributed by atoms with Crippen LogP contribution in [0, 0.1) is 12.7 Å². The molecule has 0 atom stereocenters. The maximum Gasteiger partial charge on any atom is 0.243 e. The van der Waals surface area contributed by atoms with E-state index in [9.17, 15) is 12.8 Å². The third-order valence-electron chi connectivity index (χ3n) is 3.56. The molecular weight excluding hydrogens is 281 g/mol. The number of aliphatic hydroxyl groups excluding tert-OH is 1. The molecule has 0 amide bonds. The number of nitrogens with zero attached hydrogens (tertiary/aromatic N) is 1. The normalized spacial score (nSPS) is 17.1. The predicted molar refractivity (Wildman–Crippen MR) is 74.2 cm³/mol. The first-order valence-electron chi connectivity index (χ1n) is 6.42. The Hall–Kier alpha value is -1.24. The molecule has 1 aliphatic rings. The Morgan fingerprint density at radius 3 is 2.60 bits per heavy atom. The molecule has 0 unspecified atom stereocenters. The van der Waals surface area contributed by atoms with Gasteiger partial charge in [0.1, 0.15) is 5.82 Å². The summed E-state index contributed by atoms with van der Waals surface area (Å²) in [6, 6.07) is 2.51. The van der Waals surface area contributed by atoms with Gasteiger partial charge in [-0.15, -0.1) is 0 Å². The van der Waals surface area contributed by atoms with Crippen LogP contribution in [0.25, 0.3) is 0 Å². The molecule has 1 aromatic carbocycles. The molecule has 0 saturated carbocycles. The first kappa shape index (κ1) is 15.2. The average molecular weight is 299 g/mol. The second-order valence-electron chi connectivity index (χ2n) is 5.02. The van der Waals surface area contributed by atoms with E-state index in [0.29, 0.717) is 19.5 Å². The number of aliphatic hydroxyl groups is 1. The molecule has 6 heteroatoms. The van der Waals surface area contributed by atoms with Gasteiger partial charge < -0.3 is 5.11 Å². The van der Waals surface area contributed by atoms with Crippen LogP contribution >= 0.6 is 0 Å². The molecule has 110 valence electrons. The summed E-state index contributed by atoms with van der Waals surface area (Å²) in [5.41, 5.74) is 1.51. The van der Waals surface area contributed by atoms with E-state index < -0.39 is 22.4 Å². The predicted octanol–water partition coefficient (Wildman–Crippen LogP) is 1.97. The van der Waals surface area contributed by atoms with Crippen LogP contribution in [-0.4, -0.2) is 30.9 Å². The van der Waals surface area contributed by atoms with Crippen LogP contribution in [0.3, 0.4) is 0 Å². The zero-order valence-electron chi connectivity index (χ0n) is 11.6. The van der Waals surface area contributed by atoms with Gasteiger partial charge in [-0.25, -0.2) is 12.8 Å². The minimum Gasteiger partial charge on any atom is -0.392 e. The highest BCUT2D eigenvalue weighted by Gasteiger charge is 2.28. The first-order chi connectivity index (χ1) is 9.36. The van der Waals surface area contributed by atoms with E-state index in [4.69, 9.17) is 5.11 Å². The van der Waals surface area contributed by atoms with Gasteiger partial charge in [-0.2, -0.15) is 4.31 Å². The monoisotopic (exact) mass is 299 g/mol. The Kier molecular flexibility index (Phi) is 4.27. The van der Waals surface area contributed by atoms with Gasteiger partial charge in [-0.05, 0) is 38.0 Å². The molecule has 0 spiro atoms. The molecule has 4 nitrogen and oxygen atoms in total. The van der Waals surface area contributed by atoms with Crippen molar-refractivity contribution < 1.29 is 17.9 Å². The Morgan fingerprint density at radius 2 is 2.05 bits per heavy atom. The van der Waals surface area contributed by atoms with Crippen LogP contribution in [0.2, 0.25) is 0 Å². The van der Waals surface area contributed by atoms with Crippen LogP contribution in [-0.2, 0) is 16.6 Å². The molecule has 1 N–H and O–H groups in total. The highest BCUT2D eigenvalue weighted by atomic mass is 32.2. The minimum absolute atomic E-state index is 0.0606. The largest absolute Gasteiger partial charge is 0.392 e. The third kappa shape index (κ3) is 2.77. The van der Waals surface area contributed by atoms with Gasteiger partial charge in [0.2, 0.25) is 10.0 Å². The lowest BCUT2D eigenvalue weighted by Gasteiger charge is -2.25. The summed E-state index contributed by atoms with van der Waals surface area (Å²) in [7, 11) is -3.73. The first-order valence-corrected chi connectivity index (χ1v) is 7.86. The fourth-order valence-corrected chi connectivity index (χ4v) is 3.84. The quantitative estimate of drug-likeness (QED) is 0.868. The summed E-state index contributed by atoms with van der Waals surface area (Å²) in [5.74, 6) is -0.612. The van der Waals surface area contributed by atoms with Crippen molar-refractivity contribution in [2.24, 2.45) is 0 Å². The standard InChI is InChI=1S/C14H18FNO3S/c1-10-3-5-16(6-4-10)20(18,19)14-8-12(9-17)7-13(15)11(14)2/h3,7-8,17H,4-6,9H2,1-2H3. The van der Waals surface area contributed by atoms with E-state index in [0.717, 1.165) is 11.6 Å². The van der Waals surface area contributed by atoms with E-state index in [-0.39, 0.29) is 16.0 Å². The number of halogens is 1. The van der Waals surface area contributed by atoms with Gasteiger partial charge in [-0.1, -0.05) is 11.6 Å². The number of hydrogen-bond acceptors (Lipinski definition) is 3. The van der Waals surface area contributed by atoms with Gasteiger partial charge in [0, 0.05) is 18.7 Å². The summed E-state index contributed by atoms with van der Waals surface area (Å²) in [6.45, 7) is 3.71. The topological polar surface area (TPSA) is 57.6 Å². The van der Waals surface area contributed by atoms with Crippen molar-refractivity contribution >= 4 is 10.0 Å². The third-order valence-corrected chi connectivity index (χ3v) is 5.55. The van der Waals surface area contributed by atoms with Crippen LogP contribution in [0.5, 0.6) is 0 Å². The van der Waals surface area contributed by atoms with Gasteiger partial charge in [0.15, 0.2) is 0 Å². The smallest absolute Gasteiger partial charge is 0.243 e. The van der Waals surface area contributed by atoms with Crippen LogP contribution in [0.1, 0.15) is 24.5 Å². The van der Waals surface area contributed by atoms with Crippen LogP contribution in [0.15, 0.2) is 28.7 Å². The highest BCUT2D eigenvalue weighted by molar-refractivity contribution is 7.89. The lowest BCUT2D eigenvalue weighted by Crippen LogP contribution is -2.35. The molecule has 2 rings (SSSR count). The summed E-state index contributed by atoms with van der Waals surface area (Å²) >= 11 is 0. The summed E-state index contributed by atoms with van der Waals surface area (Å²) in [5, 5.41) is 9.10. The van der Waals surface area contributed by atoms with Crippen molar-refractivity contribution in [3.8, 4) is 0 Å². The molecule has 0 fully saturated rings. The number of hydrogen-bond donors (Lipinski definition) is 1. The van der Waals surface area contributed by atoms with E-state index in [1.807, 2.05) is 13.0 Å². The van der Waals surface area contributed by atoms with Gasteiger partial charge >= 0.3 is 0 Å². The lowest BCUT2D eigenvalue weighted by molar-refractivity contribution is 0.280. The SMILES string of the molecule is CC1=CCN(S(=O)(=O)c2cc(CO)cc(F)c2C)CC1. The molecule has 0 bridgehead atoms.